The lowest BCUT2D eigenvalue weighted by Crippen LogP contribution is -2.42. The first-order chi connectivity index (χ1) is 9.54. The van der Waals surface area contributed by atoms with Crippen molar-refractivity contribution in [1.29, 1.82) is 0 Å². The molecule has 114 valence electrons. The van der Waals surface area contributed by atoms with Gasteiger partial charge in [0.1, 0.15) is 4.21 Å². The molecule has 0 aromatic carbocycles. The van der Waals surface area contributed by atoms with Gasteiger partial charge in [-0.1, -0.05) is 0 Å². The maximum Gasteiger partial charge on any atom is 0.252 e. The van der Waals surface area contributed by atoms with Crippen LogP contribution in [0.2, 0.25) is 0 Å². The van der Waals surface area contributed by atoms with Gasteiger partial charge in [0.2, 0.25) is 0 Å². The molecule has 2 heterocycles. The van der Waals surface area contributed by atoms with E-state index in [0.29, 0.717) is 23.9 Å². The van der Waals surface area contributed by atoms with E-state index < -0.39 is 10.0 Å². The normalized spacial score (nSPS) is 19.9. The van der Waals surface area contributed by atoms with Crippen LogP contribution in [0.1, 0.15) is 12.8 Å². The maximum absolute atomic E-state index is 12.7. The van der Waals surface area contributed by atoms with Gasteiger partial charge in [-0.2, -0.15) is 4.31 Å². The fourth-order valence-electron chi connectivity index (χ4n) is 2.22. The van der Waals surface area contributed by atoms with Crippen molar-refractivity contribution in [1.82, 2.24) is 9.62 Å². The third-order valence-electron chi connectivity index (χ3n) is 3.27. The SMILES string of the molecule is COCCN(CC1CCCN1)S(=O)(=O)c1ccc(Br)s1. The summed E-state index contributed by atoms with van der Waals surface area (Å²) in [5.74, 6) is 0. The van der Waals surface area contributed by atoms with Crippen LogP contribution in [0.3, 0.4) is 0 Å². The Morgan fingerprint density at radius 2 is 2.35 bits per heavy atom. The summed E-state index contributed by atoms with van der Waals surface area (Å²) in [6.45, 7) is 2.25. The Bertz CT molecular complexity index is 527. The van der Waals surface area contributed by atoms with Crippen LogP contribution in [-0.2, 0) is 14.8 Å². The Morgan fingerprint density at radius 3 is 2.90 bits per heavy atom. The molecular weight excluding hydrogens is 364 g/mol. The van der Waals surface area contributed by atoms with E-state index in [2.05, 4.69) is 21.2 Å². The number of hydrogen-bond donors (Lipinski definition) is 1. The fourth-order valence-corrected chi connectivity index (χ4v) is 5.86. The number of thiophene rings is 1. The van der Waals surface area contributed by atoms with Gasteiger partial charge in [-0.15, -0.1) is 11.3 Å². The first kappa shape index (κ1) is 16.4. The van der Waals surface area contributed by atoms with Crippen LogP contribution in [0.25, 0.3) is 0 Å². The van der Waals surface area contributed by atoms with E-state index in [1.165, 1.54) is 15.6 Å². The van der Waals surface area contributed by atoms with Crippen molar-refractivity contribution >= 4 is 37.3 Å². The van der Waals surface area contributed by atoms with E-state index in [1.54, 1.807) is 19.2 Å². The number of ether oxygens (including phenoxy) is 1. The minimum Gasteiger partial charge on any atom is -0.383 e. The summed E-state index contributed by atoms with van der Waals surface area (Å²) in [6.07, 6.45) is 2.13. The molecular formula is C12H19BrN2O3S2. The van der Waals surface area contributed by atoms with E-state index in [4.69, 9.17) is 4.74 Å². The Balaban J connectivity index is 2.15. The molecule has 1 unspecified atom stereocenters. The van der Waals surface area contributed by atoms with E-state index >= 15 is 0 Å². The first-order valence-electron chi connectivity index (χ1n) is 6.52. The molecule has 0 radical (unpaired) electrons. The zero-order valence-electron chi connectivity index (χ0n) is 11.3. The minimum absolute atomic E-state index is 0.241. The predicted molar refractivity (Wildman–Crippen MR) is 83.7 cm³/mol. The Morgan fingerprint density at radius 1 is 1.55 bits per heavy atom. The first-order valence-corrected chi connectivity index (χ1v) is 9.57. The average Bonchev–Trinajstić information content (AvgIpc) is 3.05. The predicted octanol–water partition coefficient (Wildman–Crippen LogP) is 1.90. The largest absolute Gasteiger partial charge is 0.383 e. The zero-order valence-corrected chi connectivity index (χ0v) is 14.6. The summed E-state index contributed by atoms with van der Waals surface area (Å²) in [6, 6.07) is 3.65. The molecule has 0 aliphatic carbocycles. The van der Waals surface area contributed by atoms with Crippen LogP contribution in [0.5, 0.6) is 0 Å². The number of rotatable bonds is 7. The molecule has 0 amide bonds. The van der Waals surface area contributed by atoms with Crippen LogP contribution in [0.4, 0.5) is 0 Å². The van der Waals surface area contributed by atoms with Crippen LogP contribution < -0.4 is 5.32 Å². The molecule has 1 N–H and O–H groups in total. The molecule has 2 rings (SSSR count). The Labute approximate surface area is 132 Å². The van der Waals surface area contributed by atoms with Gasteiger partial charge in [-0.3, -0.25) is 0 Å². The summed E-state index contributed by atoms with van der Waals surface area (Å²) < 4.78 is 33.1. The van der Waals surface area contributed by atoms with Gasteiger partial charge in [0, 0.05) is 26.2 Å². The number of hydrogen-bond acceptors (Lipinski definition) is 5. The Kier molecular flexibility index (Phi) is 6.00. The quantitative estimate of drug-likeness (QED) is 0.782. The molecule has 0 bridgehead atoms. The molecule has 1 aliphatic heterocycles. The summed E-state index contributed by atoms with van der Waals surface area (Å²) in [4.78, 5) is 0. The van der Waals surface area contributed by atoms with Crippen molar-refractivity contribution in [3.8, 4) is 0 Å². The number of methoxy groups -OCH3 is 1. The smallest absolute Gasteiger partial charge is 0.252 e. The molecule has 1 fully saturated rings. The van der Waals surface area contributed by atoms with Gasteiger partial charge < -0.3 is 10.1 Å². The second-order valence-corrected chi connectivity index (χ2v) is 9.34. The monoisotopic (exact) mass is 382 g/mol. The summed E-state index contributed by atoms with van der Waals surface area (Å²) in [5, 5.41) is 3.34. The third kappa shape index (κ3) is 4.02. The molecule has 1 aliphatic rings. The molecule has 1 aromatic rings. The lowest BCUT2D eigenvalue weighted by Gasteiger charge is -2.24. The van der Waals surface area contributed by atoms with E-state index in [-0.39, 0.29) is 6.04 Å². The van der Waals surface area contributed by atoms with Crippen LogP contribution in [-0.4, -0.2) is 52.1 Å². The van der Waals surface area contributed by atoms with Crippen molar-refractivity contribution in [3.63, 3.8) is 0 Å². The highest BCUT2D eigenvalue weighted by Crippen LogP contribution is 2.28. The van der Waals surface area contributed by atoms with Crippen molar-refractivity contribution < 1.29 is 13.2 Å². The Hall–Kier alpha value is 0.01000. The summed E-state index contributed by atoms with van der Waals surface area (Å²) in [5.41, 5.74) is 0. The van der Waals surface area contributed by atoms with Crippen LogP contribution in [0.15, 0.2) is 20.1 Å². The average molecular weight is 383 g/mol. The third-order valence-corrected chi connectivity index (χ3v) is 7.23. The van der Waals surface area contributed by atoms with E-state index in [9.17, 15) is 8.42 Å². The second kappa shape index (κ2) is 7.33. The number of nitrogens with one attached hydrogen (secondary N) is 1. The van der Waals surface area contributed by atoms with Crippen molar-refractivity contribution in [2.75, 3.05) is 33.4 Å². The van der Waals surface area contributed by atoms with Gasteiger partial charge in [0.15, 0.2) is 0 Å². The molecule has 1 atom stereocenters. The topological polar surface area (TPSA) is 58.6 Å². The number of sulfonamides is 1. The van der Waals surface area contributed by atoms with Gasteiger partial charge in [0.25, 0.3) is 10.0 Å². The number of halogens is 1. The van der Waals surface area contributed by atoms with Crippen molar-refractivity contribution in [2.45, 2.75) is 23.1 Å². The van der Waals surface area contributed by atoms with E-state index in [1.807, 2.05) is 0 Å². The van der Waals surface area contributed by atoms with Gasteiger partial charge in [0.05, 0.1) is 10.4 Å². The van der Waals surface area contributed by atoms with Crippen molar-refractivity contribution in [2.24, 2.45) is 0 Å². The van der Waals surface area contributed by atoms with Gasteiger partial charge >= 0.3 is 0 Å². The highest BCUT2D eigenvalue weighted by atomic mass is 79.9. The highest BCUT2D eigenvalue weighted by molar-refractivity contribution is 9.11. The highest BCUT2D eigenvalue weighted by Gasteiger charge is 2.29. The second-order valence-electron chi connectivity index (χ2n) is 4.71. The molecule has 1 saturated heterocycles. The molecule has 0 saturated carbocycles. The zero-order chi connectivity index (χ0) is 14.6. The minimum atomic E-state index is -3.44. The number of nitrogens with zero attached hydrogens (tertiary/aromatic N) is 1. The molecule has 0 spiro atoms. The molecule has 1 aromatic heterocycles. The molecule has 20 heavy (non-hydrogen) atoms. The standard InChI is InChI=1S/C12H19BrN2O3S2/c1-18-8-7-15(9-10-3-2-6-14-10)20(16,17)12-5-4-11(13)19-12/h4-5,10,14H,2-3,6-9H2,1H3. The van der Waals surface area contributed by atoms with Gasteiger partial charge in [-0.05, 0) is 47.4 Å². The summed E-state index contributed by atoms with van der Waals surface area (Å²) in [7, 11) is -1.85. The van der Waals surface area contributed by atoms with E-state index in [0.717, 1.165) is 23.2 Å². The van der Waals surface area contributed by atoms with Crippen LogP contribution >= 0.6 is 27.3 Å². The lowest BCUT2D eigenvalue weighted by molar-refractivity contribution is 0.176. The molecule has 5 nitrogen and oxygen atoms in total. The van der Waals surface area contributed by atoms with Gasteiger partial charge in [-0.25, -0.2) is 8.42 Å². The van der Waals surface area contributed by atoms with Crippen LogP contribution in [0, 0.1) is 0 Å². The lowest BCUT2D eigenvalue weighted by atomic mass is 10.2. The molecule has 8 heteroatoms. The fraction of sp³-hybridized carbons (Fsp3) is 0.667. The maximum atomic E-state index is 12.7. The van der Waals surface area contributed by atoms with Crippen molar-refractivity contribution in [3.05, 3.63) is 15.9 Å². The summed E-state index contributed by atoms with van der Waals surface area (Å²) >= 11 is 4.55.